The van der Waals surface area contributed by atoms with Crippen molar-refractivity contribution in [2.24, 2.45) is 0 Å². The van der Waals surface area contributed by atoms with E-state index >= 15 is 0 Å². The van der Waals surface area contributed by atoms with Gasteiger partial charge in [0.2, 0.25) is 0 Å². The fourth-order valence-electron chi connectivity index (χ4n) is 3.98. The third-order valence-electron chi connectivity index (χ3n) is 5.46. The van der Waals surface area contributed by atoms with Crippen LogP contribution in [-0.4, -0.2) is 47.9 Å². The molecule has 142 valence electrons. The Morgan fingerprint density at radius 3 is 2.32 bits per heavy atom. The number of hydrogen-bond acceptors (Lipinski definition) is 6. The van der Waals surface area contributed by atoms with E-state index in [1.807, 2.05) is 18.2 Å². The molecule has 1 fully saturated rings. The van der Waals surface area contributed by atoms with Gasteiger partial charge in [-0.2, -0.15) is 10.1 Å². The van der Waals surface area contributed by atoms with Crippen LogP contribution in [0.4, 0.5) is 27.5 Å². The molecule has 2 aliphatic rings. The van der Waals surface area contributed by atoms with Crippen molar-refractivity contribution in [2.75, 3.05) is 47.4 Å². The summed E-state index contributed by atoms with van der Waals surface area (Å²) in [5.41, 5.74) is 3.14. The molecule has 5 rings (SSSR count). The van der Waals surface area contributed by atoms with Crippen LogP contribution >= 0.6 is 0 Å². The van der Waals surface area contributed by atoms with Gasteiger partial charge in [-0.1, -0.05) is 30.3 Å². The fourth-order valence-corrected chi connectivity index (χ4v) is 3.98. The summed E-state index contributed by atoms with van der Waals surface area (Å²) in [5, 5.41) is 8.47. The highest BCUT2D eigenvalue weighted by Gasteiger charge is 2.25. The number of piperazine rings is 1. The molecule has 6 nitrogen and oxygen atoms in total. The standard InChI is InChI=1S/C21H21FN6/c22-17-6-2-4-8-19(17)26-11-13-27(14-12-26)20-15-23-25-21(24-20)28-10-9-16-5-1-3-7-18(16)28/h1-8,15H,9-14H2. The second-order valence-electron chi connectivity index (χ2n) is 7.07. The molecule has 0 N–H and O–H groups in total. The van der Waals surface area contributed by atoms with Crippen molar-refractivity contribution < 1.29 is 4.39 Å². The predicted octanol–water partition coefficient (Wildman–Crippen LogP) is 3.03. The van der Waals surface area contributed by atoms with E-state index in [0.29, 0.717) is 11.6 Å². The Morgan fingerprint density at radius 1 is 0.786 bits per heavy atom. The zero-order chi connectivity index (χ0) is 18.9. The molecule has 0 bridgehead atoms. The maximum atomic E-state index is 14.0. The van der Waals surface area contributed by atoms with Crippen LogP contribution in [0.3, 0.4) is 0 Å². The average Bonchev–Trinajstić information content (AvgIpc) is 3.19. The van der Waals surface area contributed by atoms with Crippen molar-refractivity contribution in [2.45, 2.75) is 6.42 Å². The Balaban J connectivity index is 1.32. The fraction of sp³-hybridized carbons (Fsp3) is 0.286. The van der Waals surface area contributed by atoms with Gasteiger partial charge in [-0.3, -0.25) is 0 Å². The predicted molar refractivity (Wildman–Crippen MR) is 108 cm³/mol. The smallest absolute Gasteiger partial charge is 0.251 e. The van der Waals surface area contributed by atoms with Crippen molar-refractivity contribution in [1.82, 2.24) is 15.2 Å². The zero-order valence-electron chi connectivity index (χ0n) is 15.5. The Labute approximate surface area is 163 Å². The normalized spacial score (nSPS) is 16.4. The highest BCUT2D eigenvalue weighted by molar-refractivity contribution is 5.66. The average molecular weight is 376 g/mol. The molecule has 0 amide bonds. The molecule has 0 saturated carbocycles. The number of nitrogens with zero attached hydrogens (tertiary/aromatic N) is 6. The van der Waals surface area contributed by atoms with Gasteiger partial charge < -0.3 is 14.7 Å². The number of anilines is 4. The lowest BCUT2D eigenvalue weighted by Gasteiger charge is -2.36. The van der Waals surface area contributed by atoms with Crippen molar-refractivity contribution in [3.05, 3.63) is 66.1 Å². The third kappa shape index (κ3) is 3.02. The van der Waals surface area contributed by atoms with Gasteiger partial charge >= 0.3 is 0 Å². The molecule has 3 heterocycles. The summed E-state index contributed by atoms with van der Waals surface area (Å²) in [6, 6.07) is 15.3. The lowest BCUT2D eigenvalue weighted by Crippen LogP contribution is -2.47. The van der Waals surface area contributed by atoms with Gasteiger partial charge in [0.25, 0.3) is 5.95 Å². The van der Waals surface area contributed by atoms with E-state index in [9.17, 15) is 4.39 Å². The summed E-state index contributed by atoms with van der Waals surface area (Å²) in [7, 11) is 0. The van der Waals surface area contributed by atoms with E-state index in [2.05, 4.69) is 43.1 Å². The number of fused-ring (bicyclic) bond motifs is 1. The summed E-state index contributed by atoms with van der Waals surface area (Å²) in [5.74, 6) is 1.29. The maximum Gasteiger partial charge on any atom is 0.251 e. The van der Waals surface area contributed by atoms with E-state index in [-0.39, 0.29) is 5.82 Å². The Morgan fingerprint density at radius 2 is 1.50 bits per heavy atom. The van der Waals surface area contributed by atoms with Crippen LogP contribution in [0.1, 0.15) is 5.56 Å². The van der Waals surface area contributed by atoms with Gasteiger partial charge in [0.1, 0.15) is 5.82 Å². The third-order valence-corrected chi connectivity index (χ3v) is 5.46. The number of para-hydroxylation sites is 2. The monoisotopic (exact) mass is 376 g/mol. The summed E-state index contributed by atoms with van der Waals surface area (Å²) in [4.78, 5) is 11.2. The minimum atomic E-state index is -0.172. The van der Waals surface area contributed by atoms with E-state index in [4.69, 9.17) is 4.98 Å². The molecule has 0 atom stereocenters. The largest absolute Gasteiger partial charge is 0.366 e. The number of halogens is 1. The molecular weight excluding hydrogens is 355 g/mol. The van der Waals surface area contributed by atoms with Crippen LogP contribution < -0.4 is 14.7 Å². The first-order valence-corrected chi connectivity index (χ1v) is 9.59. The highest BCUT2D eigenvalue weighted by Crippen LogP contribution is 2.32. The molecule has 28 heavy (non-hydrogen) atoms. The van der Waals surface area contributed by atoms with Crippen molar-refractivity contribution in [3.8, 4) is 0 Å². The molecule has 3 aromatic rings. The molecule has 2 aliphatic heterocycles. The Bertz CT molecular complexity index is 986. The highest BCUT2D eigenvalue weighted by atomic mass is 19.1. The maximum absolute atomic E-state index is 14.0. The van der Waals surface area contributed by atoms with Crippen LogP contribution in [0.5, 0.6) is 0 Å². The van der Waals surface area contributed by atoms with Crippen LogP contribution in [0.15, 0.2) is 54.7 Å². The lowest BCUT2D eigenvalue weighted by molar-refractivity contribution is 0.595. The van der Waals surface area contributed by atoms with Crippen molar-refractivity contribution in [3.63, 3.8) is 0 Å². The van der Waals surface area contributed by atoms with Gasteiger partial charge in [-0.15, -0.1) is 5.10 Å². The lowest BCUT2D eigenvalue weighted by atomic mass is 10.2. The molecular formula is C21H21FN6. The SMILES string of the molecule is Fc1ccccc1N1CCN(c2cnnc(N3CCc4ccccc43)n2)CC1. The summed E-state index contributed by atoms with van der Waals surface area (Å²) < 4.78 is 14.0. The van der Waals surface area contributed by atoms with E-state index < -0.39 is 0 Å². The zero-order valence-corrected chi connectivity index (χ0v) is 15.5. The number of rotatable bonds is 3. The molecule has 0 unspecified atom stereocenters. The molecule has 0 radical (unpaired) electrons. The first-order chi connectivity index (χ1) is 13.8. The minimum Gasteiger partial charge on any atom is -0.366 e. The van der Waals surface area contributed by atoms with E-state index in [1.54, 1.807) is 12.3 Å². The molecule has 1 aromatic heterocycles. The summed E-state index contributed by atoms with van der Waals surface area (Å²) in [6.07, 6.45) is 2.70. The summed E-state index contributed by atoms with van der Waals surface area (Å²) >= 11 is 0. The molecule has 1 saturated heterocycles. The van der Waals surface area contributed by atoms with Crippen LogP contribution in [0.25, 0.3) is 0 Å². The first kappa shape index (κ1) is 16.9. The van der Waals surface area contributed by atoms with Crippen LogP contribution in [0.2, 0.25) is 0 Å². The number of hydrogen-bond donors (Lipinski definition) is 0. The number of aromatic nitrogens is 3. The molecule has 0 spiro atoms. The quantitative estimate of drug-likeness (QED) is 0.700. The van der Waals surface area contributed by atoms with E-state index in [0.717, 1.165) is 50.6 Å². The second-order valence-corrected chi connectivity index (χ2v) is 7.07. The van der Waals surface area contributed by atoms with Crippen LogP contribution in [-0.2, 0) is 6.42 Å². The van der Waals surface area contributed by atoms with Gasteiger partial charge in [0.15, 0.2) is 5.82 Å². The number of benzene rings is 2. The topological polar surface area (TPSA) is 48.4 Å². The van der Waals surface area contributed by atoms with E-state index in [1.165, 1.54) is 11.6 Å². The van der Waals surface area contributed by atoms with Crippen LogP contribution in [0, 0.1) is 5.82 Å². The van der Waals surface area contributed by atoms with Crippen molar-refractivity contribution >= 4 is 23.1 Å². The van der Waals surface area contributed by atoms with Crippen molar-refractivity contribution in [1.29, 1.82) is 0 Å². The van der Waals surface area contributed by atoms with Gasteiger partial charge in [-0.05, 0) is 30.2 Å². The molecule has 0 aliphatic carbocycles. The second kappa shape index (κ2) is 7.07. The Kier molecular flexibility index (Phi) is 4.27. The van der Waals surface area contributed by atoms with Gasteiger partial charge in [-0.25, -0.2) is 4.39 Å². The van der Waals surface area contributed by atoms with Gasteiger partial charge in [0.05, 0.1) is 11.9 Å². The molecule has 2 aromatic carbocycles. The van der Waals surface area contributed by atoms with Gasteiger partial charge in [0, 0.05) is 38.4 Å². The molecule has 7 heteroatoms. The summed E-state index contributed by atoms with van der Waals surface area (Å²) in [6.45, 7) is 3.89. The Hall–Kier alpha value is -3.22. The minimum absolute atomic E-state index is 0.172. The first-order valence-electron chi connectivity index (χ1n) is 9.59.